The van der Waals surface area contributed by atoms with E-state index in [1.54, 1.807) is 13.2 Å². The Hall–Kier alpha value is -5.23. The van der Waals surface area contributed by atoms with Crippen molar-refractivity contribution < 1.29 is 23.9 Å². The summed E-state index contributed by atoms with van der Waals surface area (Å²) in [5.74, 6) is -3.01. The first-order valence-electron chi connectivity index (χ1n) is 14.0. The molecule has 1 aliphatic carbocycles. The van der Waals surface area contributed by atoms with Crippen LogP contribution in [0.1, 0.15) is 17.0 Å². The Bertz CT molecular complexity index is 1990. The van der Waals surface area contributed by atoms with E-state index in [0.717, 1.165) is 38.2 Å². The van der Waals surface area contributed by atoms with Crippen LogP contribution in [-0.2, 0) is 14.4 Å². The zero-order valence-electron chi connectivity index (χ0n) is 22.7. The third-order valence-corrected chi connectivity index (χ3v) is 8.99. The van der Waals surface area contributed by atoms with Gasteiger partial charge in [-0.15, -0.1) is 0 Å². The van der Waals surface area contributed by atoms with E-state index in [0.29, 0.717) is 17.2 Å². The summed E-state index contributed by atoms with van der Waals surface area (Å²) in [5.41, 5.74) is 2.91. The first-order valence-corrected chi connectivity index (χ1v) is 14.0. The fraction of sp³-hybridized carbons (Fsp3) is 0.139. The molecule has 42 heavy (non-hydrogen) atoms. The number of esters is 1. The third-order valence-electron chi connectivity index (χ3n) is 8.99. The van der Waals surface area contributed by atoms with Gasteiger partial charge in [-0.2, -0.15) is 0 Å². The van der Waals surface area contributed by atoms with Crippen LogP contribution in [0.25, 0.3) is 27.1 Å². The van der Waals surface area contributed by atoms with Crippen molar-refractivity contribution in [3.63, 3.8) is 0 Å². The number of hydrogen-bond acceptors (Lipinski definition) is 5. The topological polar surface area (TPSA) is 72.9 Å². The minimum absolute atomic E-state index is 0.311. The van der Waals surface area contributed by atoms with Crippen LogP contribution < -0.4 is 14.4 Å². The largest absolute Gasteiger partial charge is 0.497 e. The number of carbonyl (C=O) groups is 3. The number of anilines is 1. The number of hydrogen-bond donors (Lipinski definition) is 0. The normalized spacial score (nSPS) is 22.8. The molecule has 1 saturated heterocycles. The van der Waals surface area contributed by atoms with Gasteiger partial charge < -0.3 is 9.47 Å². The van der Waals surface area contributed by atoms with Crippen LogP contribution in [0.2, 0.25) is 0 Å². The number of carbonyl (C=O) groups excluding carboxylic acids is 3. The second-order valence-corrected chi connectivity index (χ2v) is 11.0. The van der Waals surface area contributed by atoms with Gasteiger partial charge in [-0.3, -0.25) is 14.4 Å². The van der Waals surface area contributed by atoms with E-state index < -0.39 is 29.6 Å². The molecule has 2 heterocycles. The Morgan fingerprint density at radius 3 is 2.12 bits per heavy atom. The molecule has 0 saturated carbocycles. The van der Waals surface area contributed by atoms with E-state index in [1.807, 2.05) is 103 Å². The molecule has 4 atom stereocenters. The van der Waals surface area contributed by atoms with Crippen molar-refractivity contribution in [3.8, 4) is 11.5 Å². The molecule has 1 fully saturated rings. The molecule has 6 heteroatoms. The fourth-order valence-corrected chi connectivity index (χ4v) is 7.08. The third kappa shape index (κ3) is 3.41. The summed E-state index contributed by atoms with van der Waals surface area (Å²) in [7, 11) is 1.61. The molecule has 0 unspecified atom stereocenters. The molecule has 0 N–H and O–H groups in total. The maximum Gasteiger partial charge on any atom is 0.319 e. The molecule has 0 spiro atoms. The number of imide groups is 1. The average Bonchev–Trinajstić information content (AvgIpc) is 3.29. The lowest BCUT2D eigenvalue weighted by Gasteiger charge is -2.38. The van der Waals surface area contributed by atoms with Crippen molar-refractivity contribution in [1.82, 2.24) is 0 Å². The second-order valence-electron chi connectivity index (χ2n) is 11.0. The van der Waals surface area contributed by atoms with Gasteiger partial charge in [0, 0.05) is 22.3 Å². The minimum Gasteiger partial charge on any atom is -0.497 e. The molecule has 204 valence electrons. The van der Waals surface area contributed by atoms with Gasteiger partial charge >= 0.3 is 5.97 Å². The number of nitrogens with zero attached hydrogens (tertiary/aromatic N) is 1. The van der Waals surface area contributed by atoms with Crippen molar-refractivity contribution in [3.05, 3.63) is 120 Å². The first kappa shape index (κ1) is 24.6. The SMILES string of the molecule is COc1ccc([C@@H]2C=C3c4ccc5ccccc5c4OC(=O)[C@@H]3[C@H]3C(=O)N(c4cccc5ccccc45)C(=O)[C@H]32)cc1. The molecule has 8 rings (SSSR count). The number of methoxy groups -OCH3 is 1. The fourth-order valence-electron chi connectivity index (χ4n) is 7.08. The Morgan fingerprint density at radius 1 is 0.690 bits per heavy atom. The lowest BCUT2D eigenvalue weighted by atomic mass is 9.64. The number of fused-ring (bicyclic) bond motifs is 8. The van der Waals surface area contributed by atoms with Gasteiger partial charge in [0.2, 0.25) is 11.8 Å². The Kier molecular flexibility index (Phi) is 5.35. The van der Waals surface area contributed by atoms with Gasteiger partial charge in [-0.1, -0.05) is 91.0 Å². The highest BCUT2D eigenvalue weighted by Gasteiger charge is 2.60. The molecule has 0 bridgehead atoms. The number of amides is 2. The Balaban J connectivity index is 1.34. The quantitative estimate of drug-likeness (QED) is 0.145. The summed E-state index contributed by atoms with van der Waals surface area (Å²) in [6.07, 6.45) is 2.01. The first-order chi connectivity index (χ1) is 20.5. The maximum absolute atomic E-state index is 14.4. The molecule has 6 nitrogen and oxygen atoms in total. The second kappa shape index (κ2) is 9.14. The predicted molar refractivity (Wildman–Crippen MR) is 160 cm³/mol. The van der Waals surface area contributed by atoms with Gasteiger partial charge in [0.05, 0.1) is 30.6 Å². The molecule has 0 radical (unpaired) electrons. The molecule has 5 aromatic rings. The Labute approximate surface area is 241 Å². The molecule has 5 aromatic carbocycles. The monoisotopic (exact) mass is 551 g/mol. The van der Waals surface area contributed by atoms with Gasteiger partial charge in [0.25, 0.3) is 0 Å². The zero-order valence-corrected chi connectivity index (χ0v) is 22.7. The van der Waals surface area contributed by atoms with E-state index in [-0.39, 0.29) is 11.8 Å². The summed E-state index contributed by atoms with van der Waals surface area (Å²) in [5, 5.41) is 3.52. The van der Waals surface area contributed by atoms with E-state index in [9.17, 15) is 14.4 Å². The Morgan fingerprint density at radius 2 is 1.36 bits per heavy atom. The highest BCUT2D eigenvalue weighted by molar-refractivity contribution is 6.27. The van der Waals surface area contributed by atoms with Crippen LogP contribution in [0, 0.1) is 17.8 Å². The van der Waals surface area contributed by atoms with E-state index in [2.05, 4.69) is 0 Å². The standard InChI is InChI=1S/C36H25NO5/c1-41-23-16-13-22(14-17-23)27-19-28-26-18-15-21-8-3-5-11-25(21)33(26)42-36(40)31(28)32-30(27)34(38)37(35(32)39)29-12-6-9-20-7-2-4-10-24(20)29/h2-19,27,30-32H,1H3/t27-,30-,31-,32-/m0/s1. The summed E-state index contributed by atoms with van der Waals surface area (Å²) in [6.45, 7) is 0. The molecule has 2 amide bonds. The molecule has 3 aliphatic rings. The van der Waals surface area contributed by atoms with Gasteiger partial charge in [0.15, 0.2) is 0 Å². The number of ether oxygens (including phenoxy) is 2. The maximum atomic E-state index is 14.4. The molecular weight excluding hydrogens is 526 g/mol. The van der Waals surface area contributed by atoms with Crippen LogP contribution in [0.3, 0.4) is 0 Å². The minimum atomic E-state index is -0.907. The van der Waals surface area contributed by atoms with Crippen molar-refractivity contribution in [2.24, 2.45) is 17.8 Å². The van der Waals surface area contributed by atoms with Crippen molar-refractivity contribution >= 4 is 50.6 Å². The number of allylic oxidation sites excluding steroid dienone is 1. The van der Waals surface area contributed by atoms with E-state index in [1.165, 1.54) is 4.90 Å². The molecule has 2 aliphatic heterocycles. The van der Waals surface area contributed by atoms with Crippen molar-refractivity contribution in [2.45, 2.75) is 5.92 Å². The van der Waals surface area contributed by atoms with E-state index >= 15 is 0 Å². The van der Waals surface area contributed by atoms with Crippen LogP contribution in [0.4, 0.5) is 5.69 Å². The van der Waals surface area contributed by atoms with Crippen molar-refractivity contribution in [2.75, 3.05) is 12.0 Å². The summed E-state index contributed by atoms with van der Waals surface area (Å²) in [6, 6.07) is 32.6. The lowest BCUT2D eigenvalue weighted by molar-refractivity contribution is -0.142. The van der Waals surface area contributed by atoms with Gasteiger partial charge in [-0.25, -0.2) is 4.90 Å². The van der Waals surface area contributed by atoms with Crippen molar-refractivity contribution in [1.29, 1.82) is 0 Å². The summed E-state index contributed by atoms with van der Waals surface area (Å²) >= 11 is 0. The van der Waals surface area contributed by atoms with Gasteiger partial charge in [0.1, 0.15) is 11.5 Å². The smallest absolute Gasteiger partial charge is 0.319 e. The van der Waals surface area contributed by atoms with Crippen LogP contribution in [0.5, 0.6) is 11.5 Å². The lowest BCUT2D eigenvalue weighted by Crippen LogP contribution is -2.42. The molecule has 0 aromatic heterocycles. The summed E-state index contributed by atoms with van der Waals surface area (Å²) in [4.78, 5) is 44.0. The van der Waals surface area contributed by atoms with Crippen LogP contribution in [-0.4, -0.2) is 24.9 Å². The average molecular weight is 552 g/mol. The van der Waals surface area contributed by atoms with Crippen LogP contribution in [0.15, 0.2) is 109 Å². The van der Waals surface area contributed by atoms with E-state index in [4.69, 9.17) is 9.47 Å². The highest BCUT2D eigenvalue weighted by Crippen LogP contribution is 2.56. The zero-order chi connectivity index (χ0) is 28.5. The van der Waals surface area contributed by atoms with Crippen LogP contribution >= 0.6 is 0 Å². The summed E-state index contributed by atoms with van der Waals surface area (Å²) < 4.78 is 11.4. The number of rotatable bonds is 3. The highest BCUT2D eigenvalue weighted by atomic mass is 16.5. The molecular formula is C36H25NO5. The number of benzene rings is 5. The van der Waals surface area contributed by atoms with Gasteiger partial charge in [-0.05, 0) is 40.1 Å². The predicted octanol–water partition coefficient (Wildman–Crippen LogP) is 6.52.